The molecule has 1 nitrogen and oxygen atoms in total. The van der Waals surface area contributed by atoms with Crippen molar-refractivity contribution in [3.8, 4) is 0 Å². The number of hydrogen-bond donors (Lipinski definition) is 1. The van der Waals surface area contributed by atoms with E-state index in [4.69, 9.17) is 5.73 Å². The lowest BCUT2D eigenvalue weighted by molar-refractivity contribution is 0.219. The van der Waals surface area contributed by atoms with E-state index in [0.29, 0.717) is 6.04 Å². The zero-order valence-corrected chi connectivity index (χ0v) is 8.29. The van der Waals surface area contributed by atoms with E-state index >= 15 is 0 Å². The molecule has 2 bridgehead atoms. The van der Waals surface area contributed by atoms with Crippen LogP contribution in [0.4, 0.5) is 0 Å². The number of nitrogens with two attached hydrogens (primary N) is 1. The van der Waals surface area contributed by atoms with Gasteiger partial charge in [-0.2, -0.15) is 0 Å². The summed E-state index contributed by atoms with van der Waals surface area (Å²) in [7, 11) is 0. The van der Waals surface area contributed by atoms with Crippen molar-refractivity contribution in [1.82, 2.24) is 0 Å². The summed E-state index contributed by atoms with van der Waals surface area (Å²) in [5, 5.41) is 0. The average Bonchev–Trinajstić information content (AvgIpc) is 2.62. The van der Waals surface area contributed by atoms with Crippen molar-refractivity contribution < 1.29 is 0 Å². The first-order valence-electron chi connectivity index (χ1n) is 5.44. The van der Waals surface area contributed by atoms with Crippen molar-refractivity contribution in [3.63, 3.8) is 0 Å². The van der Waals surface area contributed by atoms with E-state index < -0.39 is 0 Å². The molecule has 2 aliphatic rings. The van der Waals surface area contributed by atoms with Crippen LogP contribution in [-0.4, -0.2) is 6.04 Å². The highest BCUT2D eigenvalue weighted by Gasteiger charge is 2.42. The first-order valence-corrected chi connectivity index (χ1v) is 5.44. The molecule has 2 N–H and O–H groups in total. The Bertz CT molecular complexity index is 164. The molecule has 0 aromatic rings. The van der Waals surface area contributed by atoms with E-state index in [1.807, 2.05) is 0 Å². The van der Waals surface area contributed by atoms with Crippen molar-refractivity contribution in [3.05, 3.63) is 0 Å². The number of hydrogen-bond acceptors (Lipinski definition) is 1. The molecular formula is C11H21N. The Morgan fingerprint density at radius 2 is 1.92 bits per heavy atom. The molecule has 2 rings (SSSR count). The Kier molecular flexibility index (Phi) is 2.16. The van der Waals surface area contributed by atoms with Crippen molar-refractivity contribution in [2.75, 3.05) is 0 Å². The third kappa shape index (κ3) is 1.28. The van der Waals surface area contributed by atoms with E-state index in [1.54, 1.807) is 0 Å². The summed E-state index contributed by atoms with van der Waals surface area (Å²) in [5.41, 5.74) is 5.95. The topological polar surface area (TPSA) is 26.0 Å². The fourth-order valence-electron chi connectivity index (χ4n) is 3.33. The monoisotopic (exact) mass is 167 g/mol. The molecule has 0 aromatic heterocycles. The quantitative estimate of drug-likeness (QED) is 0.671. The van der Waals surface area contributed by atoms with Crippen LogP contribution in [0.3, 0.4) is 0 Å². The van der Waals surface area contributed by atoms with Crippen LogP contribution < -0.4 is 5.73 Å². The van der Waals surface area contributed by atoms with Crippen LogP contribution in [0.1, 0.15) is 39.5 Å². The van der Waals surface area contributed by atoms with Gasteiger partial charge in [0, 0.05) is 6.04 Å². The second kappa shape index (κ2) is 3.02. The van der Waals surface area contributed by atoms with E-state index in [2.05, 4.69) is 13.8 Å². The second-order valence-electron chi connectivity index (χ2n) is 5.06. The molecule has 70 valence electrons. The molecule has 0 radical (unpaired) electrons. The molecule has 0 spiro atoms. The van der Waals surface area contributed by atoms with Gasteiger partial charge in [0.1, 0.15) is 0 Å². The molecule has 0 saturated heterocycles. The van der Waals surface area contributed by atoms with Gasteiger partial charge < -0.3 is 5.73 Å². The van der Waals surface area contributed by atoms with Gasteiger partial charge >= 0.3 is 0 Å². The van der Waals surface area contributed by atoms with Crippen LogP contribution in [0.5, 0.6) is 0 Å². The van der Waals surface area contributed by atoms with Crippen molar-refractivity contribution in [2.45, 2.75) is 45.6 Å². The lowest BCUT2D eigenvalue weighted by Crippen LogP contribution is -2.32. The van der Waals surface area contributed by atoms with Gasteiger partial charge in [-0.3, -0.25) is 0 Å². The van der Waals surface area contributed by atoms with Crippen molar-refractivity contribution in [2.24, 2.45) is 29.4 Å². The van der Waals surface area contributed by atoms with Gasteiger partial charge in [0.05, 0.1) is 0 Å². The molecule has 1 heteroatoms. The molecule has 2 fully saturated rings. The molecule has 5 unspecified atom stereocenters. The van der Waals surface area contributed by atoms with Gasteiger partial charge in [0.15, 0.2) is 0 Å². The molecule has 2 saturated carbocycles. The summed E-state index contributed by atoms with van der Waals surface area (Å²) in [4.78, 5) is 0. The predicted molar refractivity (Wildman–Crippen MR) is 51.8 cm³/mol. The summed E-state index contributed by atoms with van der Waals surface area (Å²) in [6.45, 7) is 4.51. The maximum atomic E-state index is 5.95. The van der Waals surface area contributed by atoms with Crippen LogP contribution >= 0.6 is 0 Å². The Labute approximate surface area is 75.7 Å². The highest BCUT2D eigenvalue weighted by atomic mass is 14.6. The minimum atomic E-state index is 0.398. The number of rotatable bonds is 2. The molecular weight excluding hydrogens is 146 g/mol. The molecule has 0 aliphatic heterocycles. The van der Waals surface area contributed by atoms with Crippen LogP contribution in [0.25, 0.3) is 0 Å². The van der Waals surface area contributed by atoms with Gasteiger partial charge in [-0.15, -0.1) is 0 Å². The van der Waals surface area contributed by atoms with Gasteiger partial charge in [0.25, 0.3) is 0 Å². The zero-order chi connectivity index (χ0) is 8.72. The largest absolute Gasteiger partial charge is 0.328 e. The van der Waals surface area contributed by atoms with Crippen LogP contribution in [0, 0.1) is 23.7 Å². The molecule has 5 atom stereocenters. The maximum Gasteiger partial charge on any atom is 0.00388 e. The Balaban J connectivity index is 1.97. The fraction of sp³-hybridized carbons (Fsp3) is 1.00. The summed E-state index contributed by atoms with van der Waals surface area (Å²) in [5.74, 6) is 3.82. The average molecular weight is 167 g/mol. The smallest absolute Gasteiger partial charge is 0.00388 e. The number of fused-ring (bicyclic) bond motifs is 2. The van der Waals surface area contributed by atoms with E-state index in [9.17, 15) is 0 Å². The van der Waals surface area contributed by atoms with Gasteiger partial charge in [-0.25, -0.2) is 0 Å². The second-order valence-corrected chi connectivity index (χ2v) is 5.06. The molecule has 0 heterocycles. The summed E-state index contributed by atoms with van der Waals surface area (Å²) < 4.78 is 0. The third-order valence-corrected chi connectivity index (χ3v) is 4.30. The normalized spacial score (nSPS) is 44.8. The Morgan fingerprint density at radius 1 is 1.17 bits per heavy atom. The summed E-state index contributed by atoms with van der Waals surface area (Å²) >= 11 is 0. The highest BCUT2D eigenvalue weighted by Crippen LogP contribution is 2.51. The van der Waals surface area contributed by atoms with E-state index in [-0.39, 0.29) is 0 Å². The lowest BCUT2D eigenvalue weighted by Gasteiger charge is -2.30. The van der Waals surface area contributed by atoms with Crippen molar-refractivity contribution in [1.29, 1.82) is 0 Å². The minimum Gasteiger partial charge on any atom is -0.328 e. The highest BCUT2D eigenvalue weighted by molar-refractivity contribution is 4.93. The lowest BCUT2D eigenvalue weighted by atomic mass is 9.77. The maximum absolute atomic E-state index is 5.95. The van der Waals surface area contributed by atoms with Gasteiger partial charge in [-0.05, 0) is 49.9 Å². The van der Waals surface area contributed by atoms with Crippen LogP contribution in [-0.2, 0) is 0 Å². The van der Waals surface area contributed by atoms with Crippen molar-refractivity contribution >= 4 is 0 Å². The predicted octanol–water partition coefficient (Wildman–Crippen LogP) is 2.41. The molecule has 0 amide bonds. The fourth-order valence-corrected chi connectivity index (χ4v) is 3.33. The molecule has 2 aliphatic carbocycles. The minimum absolute atomic E-state index is 0.398. The van der Waals surface area contributed by atoms with Gasteiger partial charge in [-0.1, -0.05) is 13.3 Å². The summed E-state index contributed by atoms with van der Waals surface area (Å²) in [6.07, 6.45) is 5.99. The van der Waals surface area contributed by atoms with Crippen LogP contribution in [0.2, 0.25) is 0 Å². The van der Waals surface area contributed by atoms with E-state index in [1.165, 1.54) is 25.7 Å². The van der Waals surface area contributed by atoms with Gasteiger partial charge in [0.2, 0.25) is 0 Å². The SMILES string of the molecule is CC(N)C(C)C1CC2CCC1C2. The van der Waals surface area contributed by atoms with Crippen LogP contribution in [0.15, 0.2) is 0 Å². The first kappa shape index (κ1) is 8.55. The van der Waals surface area contributed by atoms with E-state index in [0.717, 1.165) is 23.7 Å². The zero-order valence-electron chi connectivity index (χ0n) is 8.29. The first-order chi connectivity index (χ1) is 5.68. The third-order valence-electron chi connectivity index (χ3n) is 4.30. The molecule has 12 heavy (non-hydrogen) atoms. The molecule has 0 aromatic carbocycles. The Hall–Kier alpha value is -0.0400. The Morgan fingerprint density at radius 3 is 2.33 bits per heavy atom. The summed E-state index contributed by atoms with van der Waals surface area (Å²) in [6, 6.07) is 0.398. The standard InChI is InChI=1S/C11H21N/c1-7(8(2)12)11-6-9-3-4-10(11)5-9/h7-11H,3-6,12H2,1-2H3.